The van der Waals surface area contributed by atoms with Crippen LogP contribution in [0.15, 0.2) is 18.2 Å². The fourth-order valence-electron chi connectivity index (χ4n) is 4.14. The highest BCUT2D eigenvalue weighted by molar-refractivity contribution is 5.87. The van der Waals surface area contributed by atoms with Gasteiger partial charge < -0.3 is 25.0 Å². The maximum atomic E-state index is 12.7. The Morgan fingerprint density at radius 2 is 1.85 bits per heavy atom. The van der Waals surface area contributed by atoms with Crippen molar-refractivity contribution in [3.63, 3.8) is 0 Å². The second kappa shape index (κ2) is 8.06. The number of fused-ring (bicyclic) bond motifs is 1. The predicted octanol–water partition coefficient (Wildman–Crippen LogP) is 2.54. The van der Waals surface area contributed by atoms with Crippen molar-refractivity contribution in [1.82, 2.24) is 15.5 Å². The van der Waals surface area contributed by atoms with Gasteiger partial charge in [-0.05, 0) is 43.4 Å². The molecule has 146 valence electrons. The summed E-state index contributed by atoms with van der Waals surface area (Å²) >= 11 is 0. The summed E-state index contributed by atoms with van der Waals surface area (Å²) in [5, 5.41) is 6.09. The third-order valence-corrected chi connectivity index (χ3v) is 5.65. The summed E-state index contributed by atoms with van der Waals surface area (Å²) in [6.07, 6.45) is 7.25. The predicted molar refractivity (Wildman–Crippen MR) is 99.5 cm³/mol. The molecule has 0 bridgehead atoms. The Hall–Kier alpha value is -2.44. The van der Waals surface area contributed by atoms with E-state index in [2.05, 4.69) is 10.6 Å². The first-order valence-corrected chi connectivity index (χ1v) is 9.94. The van der Waals surface area contributed by atoms with Crippen LogP contribution in [-0.2, 0) is 11.3 Å². The maximum Gasteiger partial charge on any atom is 0.318 e. The summed E-state index contributed by atoms with van der Waals surface area (Å²) < 4.78 is 10.7. The van der Waals surface area contributed by atoms with Crippen LogP contribution in [-0.4, -0.2) is 42.3 Å². The zero-order valence-electron chi connectivity index (χ0n) is 15.5. The molecule has 2 heterocycles. The normalized spacial score (nSPS) is 21.9. The van der Waals surface area contributed by atoms with Crippen molar-refractivity contribution in [3.8, 4) is 11.5 Å². The summed E-state index contributed by atoms with van der Waals surface area (Å²) in [6, 6.07) is 5.42. The zero-order valence-corrected chi connectivity index (χ0v) is 15.5. The van der Waals surface area contributed by atoms with Gasteiger partial charge in [-0.1, -0.05) is 25.3 Å². The molecule has 0 aromatic heterocycles. The lowest BCUT2D eigenvalue weighted by molar-refractivity contribution is -0.124. The Labute approximate surface area is 159 Å². The van der Waals surface area contributed by atoms with Crippen molar-refractivity contribution >= 4 is 11.9 Å². The zero-order chi connectivity index (χ0) is 18.6. The molecule has 2 fully saturated rings. The molecule has 3 aliphatic rings. The molecule has 0 spiro atoms. The smallest absolute Gasteiger partial charge is 0.318 e. The number of carbonyl (C=O) groups excluding carboxylic acids is 2. The van der Waals surface area contributed by atoms with Crippen molar-refractivity contribution in [2.75, 3.05) is 13.3 Å². The van der Waals surface area contributed by atoms with Crippen molar-refractivity contribution < 1.29 is 19.1 Å². The highest BCUT2D eigenvalue weighted by Crippen LogP contribution is 2.32. The Bertz CT molecular complexity index is 702. The monoisotopic (exact) mass is 373 g/mol. The van der Waals surface area contributed by atoms with Gasteiger partial charge in [-0.25, -0.2) is 4.79 Å². The van der Waals surface area contributed by atoms with E-state index in [9.17, 15) is 9.59 Å². The number of hydrogen-bond donors (Lipinski definition) is 2. The van der Waals surface area contributed by atoms with Crippen LogP contribution in [0.3, 0.4) is 0 Å². The first kappa shape index (κ1) is 17.9. The van der Waals surface area contributed by atoms with Crippen LogP contribution >= 0.6 is 0 Å². The second-order valence-electron chi connectivity index (χ2n) is 7.54. The van der Waals surface area contributed by atoms with Crippen LogP contribution in [0.25, 0.3) is 0 Å². The van der Waals surface area contributed by atoms with Gasteiger partial charge >= 0.3 is 6.03 Å². The SMILES string of the molecule is O=C(NCc1ccc2c(c1)OCO2)[C@@H]1CCCN1C(=O)NC1CCCCC1. The number of benzene rings is 1. The first-order valence-electron chi connectivity index (χ1n) is 9.94. The molecular weight excluding hydrogens is 346 g/mol. The molecule has 2 N–H and O–H groups in total. The van der Waals surface area contributed by atoms with E-state index in [1.165, 1.54) is 19.3 Å². The number of rotatable bonds is 4. The molecule has 1 saturated carbocycles. The van der Waals surface area contributed by atoms with Crippen LogP contribution in [0.1, 0.15) is 50.5 Å². The number of hydrogen-bond acceptors (Lipinski definition) is 4. The lowest BCUT2D eigenvalue weighted by atomic mass is 9.96. The van der Waals surface area contributed by atoms with Crippen LogP contribution < -0.4 is 20.1 Å². The molecule has 2 aliphatic heterocycles. The van der Waals surface area contributed by atoms with Gasteiger partial charge in [0.25, 0.3) is 0 Å². The first-order chi connectivity index (χ1) is 13.2. The lowest BCUT2D eigenvalue weighted by Gasteiger charge is -2.29. The van der Waals surface area contributed by atoms with E-state index in [1.54, 1.807) is 4.90 Å². The molecule has 27 heavy (non-hydrogen) atoms. The van der Waals surface area contributed by atoms with E-state index in [0.717, 1.165) is 30.6 Å². The van der Waals surface area contributed by atoms with Gasteiger partial charge in [0.2, 0.25) is 12.7 Å². The average Bonchev–Trinajstić information content (AvgIpc) is 3.35. The number of amides is 3. The fraction of sp³-hybridized carbons (Fsp3) is 0.600. The number of nitrogens with one attached hydrogen (secondary N) is 2. The summed E-state index contributed by atoms with van der Waals surface area (Å²) in [5.74, 6) is 1.34. The van der Waals surface area contributed by atoms with Crippen LogP contribution in [0, 0.1) is 0 Å². The molecule has 7 heteroatoms. The van der Waals surface area contributed by atoms with Gasteiger partial charge in [0, 0.05) is 19.1 Å². The van der Waals surface area contributed by atoms with E-state index in [1.807, 2.05) is 18.2 Å². The van der Waals surface area contributed by atoms with Gasteiger partial charge in [0.15, 0.2) is 11.5 Å². The minimum Gasteiger partial charge on any atom is -0.454 e. The molecule has 1 aromatic carbocycles. The highest BCUT2D eigenvalue weighted by atomic mass is 16.7. The molecule has 1 aliphatic carbocycles. The Morgan fingerprint density at radius 1 is 1.04 bits per heavy atom. The molecule has 7 nitrogen and oxygen atoms in total. The summed E-state index contributed by atoms with van der Waals surface area (Å²) in [5.41, 5.74) is 0.948. The average molecular weight is 373 g/mol. The quantitative estimate of drug-likeness (QED) is 0.850. The van der Waals surface area contributed by atoms with E-state index in [4.69, 9.17) is 9.47 Å². The van der Waals surface area contributed by atoms with E-state index in [-0.39, 0.29) is 30.8 Å². The maximum absolute atomic E-state index is 12.7. The lowest BCUT2D eigenvalue weighted by Crippen LogP contribution is -2.51. The number of likely N-dealkylation sites (tertiary alicyclic amines) is 1. The molecule has 1 saturated heterocycles. The van der Waals surface area contributed by atoms with Crippen LogP contribution in [0.4, 0.5) is 4.79 Å². The Balaban J connectivity index is 1.31. The Kier molecular flexibility index (Phi) is 5.36. The molecule has 0 unspecified atom stereocenters. The largest absolute Gasteiger partial charge is 0.454 e. The Morgan fingerprint density at radius 3 is 2.70 bits per heavy atom. The minimum atomic E-state index is -0.386. The number of nitrogens with zero attached hydrogens (tertiary/aromatic N) is 1. The molecular formula is C20H27N3O4. The third kappa shape index (κ3) is 4.12. The van der Waals surface area contributed by atoms with Crippen molar-refractivity contribution in [2.45, 2.75) is 63.6 Å². The minimum absolute atomic E-state index is 0.0936. The van der Waals surface area contributed by atoms with Gasteiger partial charge in [-0.15, -0.1) is 0 Å². The third-order valence-electron chi connectivity index (χ3n) is 5.65. The van der Waals surface area contributed by atoms with E-state index < -0.39 is 0 Å². The summed E-state index contributed by atoms with van der Waals surface area (Å²) in [4.78, 5) is 27.0. The number of urea groups is 1. The summed E-state index contributed by atoms with van der Waals surface area (Å²) in [7, 11) is 0. The van der Waals surface area contributed by atoms with Gasteiger partial charge in [-0.2, -0.15) is 0 Å². The van der Waals surface area contributed by atoms with Crippen LogP contribution in [0.2, 0.25) is 0 Å². The second-order valence-corrected chi connectivity index (χ2v) is 7.54. The standard InChI is InChI=1S/C20H27N3O4/c24-19(21-12-14-8-9-17-18(11-14)27-13-26-17)16-7-4-10-23(16)20(25)22-15-5-2-1-3-6-15/h8-9,11,15-16H,1-7,10,12-13H2,(H,21,24)(H,22,25)/t16-/m0/s1. The van der Waals surface area contributed by atoms with Gasteiger partial charge in [-0.3, -0.25) is 4.79 Å². The van der Waals surface area contributed by atoms with Crippen LogP contribution in [0.5, 0.6) is 11.5 Å². The highest BCUT2D eigenvalue weighted by Gasteiger charge is 2.34. The summed E-state index contributed by atoms with van der Waals surface area (Å²) in [6.45, 7) is 1.28. The number of carbonyl (C=O) groups is 2. The molecule has 3 amide bonds. The van der Waals surface area contributed by atoms with Crippen molar-refractivity contribution in [1.29, 1.82) is 0 Å². The topological polar surface area (TPSA) is 79.9 Å². The van der Waals surface area contributed by atoms with Crippen molar-refractivity contribution in [3.05, 3.63) is 23.8 Å². The fourth-order valence-corrected chi connectivity index (χ4v) is 4.14. The molecule has 1 atom stereocenters. The molecule has 0 radical (unpaired) electrons. The molecule has 1 aromatic rings. The van der Waals surface area contributed by atoms with Crippen molar-refractivity contribution in [2.24, 2.45) is 0 Å². The number of ether oxygens (including phenoxy) is 2. The van der Waals surface area contributed by atoms with Gasteiger partial charge in [0.1, 0.15) is 6.04 Å². The van der Waals surface area contributed by atoms with Gasteiger partial charge in [0.05, 0.1) is 0 Å². The van der Waals surface area contributed by atoms with E-state index in [0.29, 0.717) is 25.3 Å². The molecule has 4 rings (SSSR count). The van der Waals surface area contributed by atoms with E-state index >= 15 is 0 Å².